The maximum absolute atomic E-state index is 13.1. The highest BCUT2D eigenvalue weighted by molar-refractivity contribution is 8.14. The Morgan fingerprint density at radius 1 is 1.23 bits per heavy atom. The van der Waals surface area contributed by atoms with Crippen LogP contribution in [0.4, 0.5) is 5.69 Å². The molecule has 0 bridgehead atoms. The molecule has 2 aromatic carbocycles. The third kappa shape index (κ3) is 4.70. The van der Waals surface area contributed by atoms with Crippen LogP contribution in [0, 0.1) is 0 Å². The minimum absolute atomic E-state index is 0.0417. The first-order valence-electron chi connectivity index (χ1n) is 9.93. The van der Waals surface area contributed by atoms with E-state index in [0.29, 0.717) is 25.6 Å². The highest BCUT2D eigenvalue weighted by Gasteiger charge is 2.32. The lowest BCUT2D eigenvalue weighted by molar-refractivity contribution is -0.125. The van der Waals surface area contributed by atoms with E-state index in [0.717, 1.165) is 38.8 Å². The van der Waals surface area contributed by atoms with Gasteiger partial charge in [-0.2, -0.15) is 0 Å². The summed E-state index contributed by atoms with van der Waals surface area (Å²) >= 11 is 3.10. The number of fused-ring (bicyclic) bond motifs is 1. The van der Waals surface area contributed by atoms with Gasteiger partial charge >= 0.3 is 0 Å². The van der Waals surface area contributed by atoms with Crippen molar-refractivity contribution >= 4 is 40.3 Å². The molecule has 2 heterocycles. The van der Waals surface area contributed by atoms with Crippen molar-refractivity contribution in [2.24, 2.45) is 4.99 Å². The molecule has 0 N–H and O–H groups in total. The van der Waals surface area contributed by atoms with Crippen LogP contribution in [0.1, 0.15) is 13.8 Å². The summed E-state index contributed by atoms with van der Waals surface area (Å²) in [5, 5.41) is 0.724. The van der Waals surface area contributed by atoms with Gasteiger partial charge < -0.3 is 14.2 Å². The average molecular weight is 445 g/mol. The summed E-state index contributed by atoms with van der Waals surface area (Å²) in [6.07, 6.45) is 0. The molecule has 2 aliphatic heterocycles. The quantitative estimate of drug-likeness (QED) is 0.607. The predicted octanol–water partition coefficient (Wildman–Crippen LogP) is 4.60. The summed E-state index contributed by atoms with van der Waals surface area (Å²) in [6.45, 7) is 5.68. The van der Waals surface area contributed by atoms with Crippen molar-refractivity contribution < 1.29 is 19.0 Å². The fourth-order valence-corrected chi connectivity index (χ4v) is 5.13. The lowest BCUT2D eigenvalue weighted by Crippen LogP contribution is -2.38. The second-order valence-electron chi connectivity index (χ2n) is 6.81. The third-order valence-corrected chi connectivity index (χ3v) is 6.80. The van der Waals surface area contributed by atoms with Crippen molar-refractivity contribution in [1.29, 1.82) is 0 Å². The first-order chi connectivity index (χ1) is 14.7. The molecule has 2 aromatic rings. The molecule has 30 heavy (non-hydrogen) atoms. The van der Waals surface area contributed by atoms with Gasteiger partial charge in [0.05, 0.1) is 12.4 Å². The predicted molar refractivity (Wildman–Crippen MR) is 122 cm³/mol. The van der Waals surface area contributed by atoms with Gasteiger partial charge in [-0.15, -0.1) is 11.8 Å². The van der Waals surface area contributed by atoms with Crippen LogP contribution in [-0.2, 0) is 4.79 Å². The van der Waals surface area contributed by atoms with Crippen molar-refractivity contribution in [2.75, 3.05) is 31.3 Å². The molecule has 0 aromatic heterocycles. The van der Waals surface area contributed by atoms with Gasteiger partial charge in [0.2, 0.25) is 5.91 Å². The molecule has 0 radical (unpaired) electrons. The molecule has 6 nitrogen and oxygen atoms in total. The smallest absolute Gasteiger partial charge is 0.239 e. The number of hydrogen-bond donors (Lipinski definition) is 0. The summed E-state index contributed by atoms with van der Waals surface area (Å²) in [5.41, 5.74) is 0.744. The first-order valence-corrected chi connectivity index (χ1v) is 11.9. The lowest BCUT2D eigenvalue weighted by atomic mass is 10.3. The number of aliphatic imine (C=N–C) groups is 1. The van der Waals surface area contributed by atoms with Crippen LogP contribution in [0.15, 0.2) is 52.4 Å². The van der Waals surface area contributed by atoms with Crippen molar-refractivity contribution in [3.05, 3.63) is 42.5 Å². The van der Waals surface area contributed by atoms with E-state index in [1.807, 2.05) is 49.4 Å². The van der Waals surface area contributed by atoms with Gasteiger partial charge in [0, 0.05) is 16.7 Å². The zero-order valence-electron chi connectivity index (χ0n) is 17.0. The number of amidine groups is 1. The van der Waals surface area contributed by atoms with Gasteiger partial charge in [-0.05, 0) is 44.2 Å². The molecular formula is C22H24N2O4S2. The number of carbonyl (C=O) groups excluding carboxylic acids is 1. The van der Waals surface area contributed by atoms with Crippen molar-refractivity contribution in [1.82, 2.24) is 4.90 Å². The number of hydrogen-bond acceptors (Lipinski definition) is 7. The number of thioether (sulfide) groups is 2. The Hall–Kier alpha value is -2.32. The van der Waals surface area contributed by atoms with Gasteiger partial charge in [0.15, 0.2) is 16.7 Å². The molecule has 1 saturated heterocycles. The lowest BCUT2D eigenvalue weighted by Gasteiger charge is -2.21. The zero-order chi connectivity index (χ0) is 20.9. The van der Waals surface area contributed by atoms with Gasteiger partial charge in [-0.25, -0.2) is 4.99 Å². The molecule has 1 amide bonds. The van der Waals surface area contributed by atoms with Crippen LogP contribution in [0.2, 0.25) is 0 Å². The van der Waals surface area contributed by atoms with Crippen molar-refractivity contribution in [2.45, 2.75) is 24.8 Å². The highest BCUT2D eigenvalue weighted by Crippen LogP contribution is 2.35. The number of carbonyl (C=O) groups is 1. The largest absolute Gasteiger partial charge is 0.492 e. The van der Waals surface area contributed by atoms with E-state index in [2.05, 4.69) is 6.92 Å². The molecule has 4 rings (SSSR count). The maximum atomic E-state index is 13.1. The topological polar surface area (TPSA) is 60.4 Å². The van der Waals surface area contributed by atoms with Gasteiger partial charge in [0.25, 0.3) is 0 Å². The van der Waals surface area contributed by atoms with E-state index in [1.54, 1.807) is 16.7 Å². The summed E-state index contributed by atoms with van der Waals surface area (Å²) in [7, 11) is 0. The van der Waals surface area contributed by atoms with E-state index in [-0.39, 0.29) is 11.9 Å². The zero-order valence-corrected chi connectivity index (χ0v) is 18.6. The van der Waals surface area contributed by atoms with Crippen LogP contribution in [-0.4, -0.2) is 53.3 Å². The molecule has 1 atom stereocenters. The summed E-state index contributed by atoms with van der Waals surface area (Å²) in [6, 6.07) is 13.5. The average Bonchev–Trinajstić information content (AvgIpc) is 3.13. The van der Waals surface area contributed by atoms with Crippen LogP contribution >= 0.6 is 23.5 Å². The Balaban J connectivity index is 1.47. The van der Waals surface area contributed by atoms with Crippen LogP contribution in [0.3, 0.4) is 0 Å². The molecule has 0 spiro atoms. The Morgan fingerprint density at radius 2 is 2.03 bits per heavy atom. The third-order valence-electron chi connectivity index (χ3n) is 4.63. The Morgan fingerprint density at radius 3 is 2.87 bits per heavy atom. The van der Waals surface area contributed by atoms with Crippen LogP contribution < -0.4 is 14.2 Å². The van der Waals surface area contributed by atoms with E-state index in [9.17, 15) is 4.79 Å². The molecule has 1 unspecified atom stereocenters. The van der Waals surface area contributed by atoms with Crippen molar-refractivity contribution in [3.63, 3.8) is 0 Å². The van der Waals surface area contributed by atoms with Crippen molar-refractivity contribution in [3.8, 4) is 17.2 Å². The monoisotopic (exact) mass is 444 g/mol. The Labute approximate surface area is 185 Å². The standard InChI is InChI=1S/C22H24N2O4S2/c1-3-26-18-7-5-4-6-17(18)23-22-24(15(2)13-30-22)21(25)14-29-16-8-9-19-20(12-16)28-11-10-27-19/h4-9,12,15H,3,10-11,13-14H2,1-2H3. The molecule has 8 heteroatoms. The number of nitrogens with zero attached hydrogens (tertiary/aromatic N) is 2. The van der Waals surface area contributed by atoms with Crippen LogP contribution in [0.5, 0.6) is 17.2 Å². The van der Waals surface area contributed by atoms with Crippen LogP contribution in [0.25, 0.3) is 0 Å². The normalized spacial score (nSPS) is 19.2. The Kier molecular flexibility index (Phi) is 6.74. The second kappa shape index (κ2) is 9.66. The minimum atomic E-state index is 0.0417. The van der Waals surface area contributed by atoms with Gasteiger partial charge in [0.1, 0.15) is 24.7 Å². The highest BCUT2D eigenvalue weighted by atomic mass is 32.2. The van der Waals surface area contributed by atoms with Gasteiger partial charge in [-0.1, -0.05) is 23.9 Å². The molecular weight excluding hydrogens is 420 g/mol. The second-order valence-corrected chi connectivity index (χ2v) is 8.85. The summed E-state index contributed by atoms with van der Waals surface area (Å²) < 4.78 is 16.9. The first kappa shape index (κ1) is 20.9. The Bertz CT molecular complexity index is 950. The molecule has 0 saturated carbocycles. The van der Waals surface area contributed by atoms with E-state index in [1.165, 1.54) is 11.8 Å². The molecule has 158 valence electrons. The molecule has 2 aliphatic rings. The van der Waals surface area contributed by atoms with E-state index >= 15 is 0 Å². The summed E-state index contributed by atoms with van der Waals surface area (Å²) in [5.74, 6) is 3.42. The minimum Gasteiger partial charge on any atom is -0.492 e. The molecule has 0 aliphatic carbocycles. The SMILES string of the molecule is CCOc1ccccc1N=C1SCC(C)N1C(=O)CSc1ccc2c(c1)OCCO2. The number of para-hydroxylation sites is 2. The summed E-state index contributed by atoms with van der Waals surface area (Å²) in [4.78, 5) is 20.6. The number of rotatable bonds is 6. The number of benzene rings is 2. The van der Waals surface area contributed by atoms with E-state index < -0.39 is 0 Å². The van der Waals surface area contributed by atoms with Gasteiger partial charge in [-0.3, -0.25) is 9.69 Å². The maximum Gasteiger partial charge on any atom is 0.239 e. The fraction of sp³-hybridized carbons (Fsp3) is 0.364. The van der Waals surface area contributed by atoms with E-state index in [4.69, 9.17) is 19.2 Å². The molecule has 1 fully saturated rings. The number of amides is 1. The number of ether oxygens (including phenoxy) is 3. The fourth-order valence-electron chi connectivity index (χ4n) is 3.22.